The number of aliphatic carboxylic acids is 1. The van der Waals surface area contributed by atoms with Crippen LogP contribution in [0.25, 0.3) is 0 Å². The first-order valence-corrected chi connectivity index (χ1v) is 5.99. The molecule has 0 spiro atoms. The van der Waals surface area contributed by atoms with Crippen LogP contribution in [-0.4, -0.2) is 29.5 Å². The van der Waals surface area contributed by atoms with E-state index in [2.05, 4.69) is 0 Å². The van der Waals surface area contributed by atoms with Gasteiger partial charge in [-0.15, -0.1) is 0 Å². The molecule has 0 aromatic heterocycles. The molecular weight excluding hydrogens is 234 g/mol. The summed E-state index contributed by atoms with van der Waals surface area (Å²) in [6.07, 6.45) is 3.47. The number of nitrogens with one attached hydrogen (secondary N) is 1. The number of rotatable bonds is 3. The molecule has 2 aliphatic rings. The Bertz CT molecular complexity index is 450. The highest BCUT2D eigenvalue weighted by Crippen LogP contribution is 2.42. The van der Waals surface area contributed by atoms with Gasteiger partial charge in [0.25, 0.3) is 0 Å². The Labute approximate surface area is 105 Å². The van der Waals surface area contributed by atoms with E-state index in [4.69, 9.17) is 10.1 Å². The third-order valence-electron chi connectivity index (χ3n) is 3.83. The van der Waals surface area contributed by atoms with Gasteiger partial charge in [0.2, 0.25) is 0 Å². The molecule has 2 unspecified atom stereocenters. The van der Waals surface area contributed by atoms with Crippen LogP contribution in [0, 0.1) is 17.2 Å². The fourth-order valence-electron chi connectivity index (χ4n) is 2.78. The van der Waals surface area contributed by atoms with E-state index in [1.807, 2.05) is 0 Å². The number of aliphatic hydroxyl groups is 1. The number of hydrogen-bond donors (Lipinski definition) is 3. The molecule has 5 nitrogen and oxygen atoms in total. The number of carbonyl (C=O) groups is 1. The summed E-state index contributed by atoms with van der Waals surface area (Å²) in [7, 11) is 1.51. The molecule has 0 amide bonds. The molecule has 0 aromatic rings. The molecule has 2 atom stereocenters. The SMILES string of the molecule is COC1=C(O)C2=C(CC1)CC(C=N)C(C(=O)O)C2. The van der Waals surface area contributed by atoms with Crippen LogP contribution in [0.5, 0.6) is 0 Å². The number of hydrogen-bond acceptors (Lipinski definition) is 4. The quantitative estimate of drug-likeness (QED) is 0.671. The van der Waals surface area contributed by atoms with Gasteiger partial charge in [-0.05, 0) is 31.1 Å². The van der Waals surface area contributed by atoms with Crippen LogP contribution in [-0.2, 0) is 9.53 Å². The third-order valence-corrected chi connectivity index (χ3v) is 3.83. The maximum absolute atomic E-state index is 11.2. The smallest absolute Gasteiger partial charge is 0.307 e. The molecule has 5 heteroatoms. The van der Waals surface area contributed by atoms with E-state index in [0.717, 1.165) is 12.0 Å². The highest BCUT2D eigenvalue weighted by Gasteiger charge is 2.37. The van der Waals surface area contributed by atoms with Crippen molar-refractivity contribution in [3.05, 3.63) is 22.7 Å². The Morgan fingerprint density at radius 3 is 2.72 bits per heavy atom. The molecule has 0 saturated heterocycles. The zero-order chi connectivity index (χ0) is 13.3. The van der Waals surface area contributed by atoms with Crippen molar-refractivity contribution < 1.29 is 19.7 Å². The summed E-state index contributed by atoms with van der Waals surface area (Å²) in [5.74, 6) is -1.16. The van der Waals surface area contributed by atoms with Gasteiger partial charge in [-0.3, -0.25) is 4.79 Å². The molecule has 0 aliphatic heterocycles. The lowest BCUT2D eigenvalue weighted by Crippen LogP contribution is -2.31. The molecular formula is C13H17NO4. The number of ether oxygens (including phenoxy) is 1. The summed E-state index contributed by atoms with van der Waals surface area (Å²) >= 11 is 0. The maximum atomic E-state index is 11.2. The normalized spacial score (nSPS) is 27.8. The van der Waals surface area contributed by atoms with E-state index in [-0.39, 0.29) is 18.1 Å². The van der Waals surface area contributed by atoms with Crippen molar-refractivity contribution in [1.29, 1.82) is 5.41 Å². The number of methoxy groups -OCH3 is 1. The first-order chi connectivity index (χ1) is 8.58. The molecule has 0 saturated carbocycles. The van der Waals surface area contributed by atoms with E-state index < -0.39 is 11.9 Å². The van der Waals surface area contributed by atoms with Gasteiger partial charge in [-0.2, -0.15) is 0 Å². The second kappa shape index (κ2) is 4.84. The minimum atomic E-state index is -0.910. The largest absolute Gasteiger partial charge is 0.504 e. The second-order valence-electron chi connectivity index (χ2n) is 4.74. The summed E-state index contributed by atoms with van der Waals surface area (Å²) < 4.78 is 5.10. The predicted octanol–water partition coefficient (Wildman–Crippen LogP) is 2.25. The lowest BCUT2D eigenvalue weighted by molar-refractivity contribution is -0.142. The Morgan fingerprint density at radius 1 is 1.44 bits per heavy atom. The second-order valence-corrected chi connectivity index (χ2v) is 4.74. The highest BCUT2D eigenvalue weighted by molar-refractivity contribution is 5.77. The van der Waals surface area contributed by atoms with Crippen LogP contribution >= 0.6 is 0 Å². The number of allylic oxidation sites excluding steroid dienone is 3. The van der Waals surface area contributed by atoms with Gasteiger partial charge in [0.05, 0.1) is 13.0 Å². The minimum absolute atomic E-state index is 0.105. The predicted molar refractivity (Wildman–Crippen MR) is 65.6 cm³/mol. The van der Waals surface area contributed by atoms with E-state index in [1.54, 1.807) is 0 Å². The number of carboxylic acid groups (broad SMARTS) is 1. The summed E-state index contributed by atoms with van der Waals surface area (Å²) in [5, 5.41) is 26.6. The van der Waals surface area contributed by atoms with Crippen molar-refractivity contribution in [3.63, 3.8) is 0 Å². The maximum Gasteiger partial charge on any atom is 0.307 e. The van der Waals surface area contributed by atoms with Gasteiger partial charge in [-0.1, -0.05) is 5.57 Å². The van der Waals surface area contributed by atoms with E-state index in [9.17, 15) is 15.0 Å². The summed E-state index contributed by atoms with van der Waals surface area (Å²) in [5.41, 5.74) is 1.78. The van der Waals surface area contributed by atoms with Crippen LogP contribution < -0.4 is 0 Å². The molecule has 18 heavy (non-hydrogen) atoms. The first-order valence-electron chi connectivity index (χ1n) is 5.99. The number of aliphatic hydroxyl groups excluding tert-OH is 1. The number of carboxylic acids is 1. The van der Waals surface area contributed by atoms with Crippen molar-refractivity contribution in [3.8, 4) is 0 Å². The first kappa shape index (κ1) is 12.7. The average Bonchev–Trinajstić information content (AvgIpc) is 2.37. The van der Waals surface area contributed by atoms with Crippen LogP contribution in [0.1, 0.15) is 25.7 Å². The van der Waals surface area contributed by atoms with Crippen molar-refractivity contribution in [2.24, 2.45) is 11.8 Å². The van der Waals surface area contributed by atoms with Crippen molar-refractivity contribution in [2.75, 3.05) is 7.11 Å². The average molecular weight is 251 g/mol. The summed E-state index contributed by atoms with van der Waals surface area (Å²) in [6.45, 7) is 0. The van der Waals surface area contributed by atoms with E-state index in [0.29, 0.717) is 24.2 Å². The van der Waals surface area contributed by atoms with Crippen molar-refractivity contribution in [1.82, 2.24) is 0 Å². The molecule has 2 aliphatic carbocycles. The highest BCUT2D eigenvalue weighted by atomic mass is 16.5. The Hall–Kier alpha value is -1.78. The Balaban J connectivity index is 2.36. The minimum Gasteiger partial charge on any atom is -0.504 e. The molecule has 0 radical (unpaired) electrons. The monoisotopic (exact) mass is 251 g/mol. The zero-order valence-electron chi connectivity index (χ0n) is 10.3. The van der Waals surface area contributed by atoms with Crippen LogP contribution in [0.2, 0.25) is 0 Å². The lowest BCUT2D eigenvalue weighted by atomic mass is 9.73. The lowest BCUT2D eigenvalue weighted by Gasteiger charge is -2.32. The van der Waals surface area contributed by atoms with Crippen LogP contribution in [0.15, 0.2) is 22.7 Å². The van der Waals surface area contributed by atoms with Gasteiger partial charge >= 0.3 is 5.97 Å². The fourth-order valence-corrected chi connectivity index (χ4v) is 2.78. The van der Waals surface area contributed by atoms with Gasteiger partial charge in [0.1, 0.15) is 5.76 Å². The Kier molecular flexibility index (Phi) is 3.41. The molecule has 0 fully saturated rings. The van der Waals surface area contributed by atoms with Crippen LogP contribution in [0.4, 0.5) is 0 Å². The topological polar surface area (TPSA) is 90.6 Å². The van der Waals surface area contributed by atoms with Gasteiger partial charge in [0, 0.05) is 12.3 Å². The summed E-state index contributed by atoms with van der Waals surface area (Å²) in [4.78, 5) is 11.2. The van der Waals surface area contributed by atoms with Crippen molar-refractivity contribution >= 4 is 12.2 Å². The third kappa shape index (κ3) is 2.00. The molecule has 0 aromatic carbocycles. The molecule has 2 rings (SSSR count). The van der Waals surface area contributed by atoms with E-state index >= 15 is 0 Å². The van der Waals surface area contributed by atoms with Crippen LogP contribution in [0.3, 0.4) is 0 Å². The fraction of sp³-hybridized carbons (Fsp3) is 0.538. The summed E-state index contributed by atoms with van der Waals surface area (Å²) in [6, 6.07) is 0. The molecule has 0 bridgehead atoms. The molecule has 98 valence electrons. The zero-order valence-corrected chi connectivity index (χ0v) is 10.3. The van der Waals surface area contributed by atoms with Gasteiger partial charge in [-0.25, -0.2) is 0 Å². The molecule has 3 N–H and O–H groups in total. The molecule has 0 heterocycles. The van der Waals surface area contributed by atoms with Gasteiger partial charge < -0.3 is 20.4 Å². The van der Waals surface area contributed by atoms with Gasteiger partial charge in [0.15, 0.2) is 5.76 Å². The standard InChI is InChI=1S/C13H17NO4/c1-18-11-3-2-7-4-8(6-14)10(13(16)17)5-9(7)12(11)15/h6,8,10,14-15H,2-5H2,1H3,(H,16,17). The Morgan fingerprint density at radius 2 is 2.17 bits per heavy atom. The van der Waals surface area contributed by atoms with Crippen molar-refractivity contribution in [2.45, 2.75) is 25.7 Å². The van der Waals surface area contributed by atoms with E-state index in [1.165, 1.54) is 13.3 Å².